The summed E-state index contributed by atoms with van der Waals surface area (Å²) in [6.07, 6.45) is 2.83. The van der Waals surface area contributed by atoms with Gasteiger partial charge in [-0.2, -0.15) is 0 Å². The van der Waals surface area contributed by atoms with E-state index in [4.69, 9.17) is 5.11 Å². The summed E-state index contributed by atoms with van der Waals surface area (Å²) in [7, 11) is 0. The van der Waals surface area contributed by atoms with Crippen molar-refractivity contribution in [2.45, 2.75) is 19.8 Å². The third-order valence-corrected chi connectivity index (χ3v) is 3.63. The maximum atomic E-state index is 10.8. The first-order valence-corrected chi connectivity index (χ1v) is 6.32. The second kappa shape index (κ2) is 5.15. The first-order valence-electron chi connectivity index (χ1n) is 6.32. The van der Waals surface area contributed by atoms with Crippen LogP contribution < -0.4 is 0 Å². The average Bonchev–Trinajstić information content (AvgIpc) is 3.04. The van der Waals surface area contributed by atoms with Crippen LogP contribution in [0.2, 0.25) is 0 Å². The molecular formula is C12H22N2O2. The zero-order chi connectivity index (χ0) is 11.5. The number of hydrogen-bond acceptors (Lipinski definition) is 3. The van der Waals surface area contributed by atoms with Gasteiger partial charge in [-0.05, 0) is 18.8 Å². The lowest BCUT2D eigenvalue weighted by atomic mass is 10.1. The van der Waals surface area contributed by atoms with Crippen LogP contribution in [-0.2, 0) is 4.79 Å². The van der Waals surface area contributed by atoms with Crippen molar-refractivity contribution >= 4 is 5.97 Å². The van der Waals surface area contributed by atoms with Crippen LogP contribution in [0.5, 0.6) is 0 Å². The Morgan fingerprint density at radius 3 is 2.31 bits per heavy atom. The van der Waals surface area contributed by atoms with E-state index < -0.39 is 5.97 Å². The fourth-order valence-electron chi connectivity index (χ4n) is 2.29. The molecule has 1 heterocycles. The molecule has 4 heteroatoms. The Bertz CT molecular complexity index is 245. The number of carboxylic acids is 1. The number of aliphatic carboxylic acids is 1. The number of carboxylic acid groups (broad SMARTS) is 1. The summed E-state index contributed by atoms with van der Waals surface area (Å²) in [5, 5.41) is 8.85. The maximum absolute atomic E-state index is 10.8. The minimum atomic E-state index is -0.680. The summed E-state index contributed by atoms with van der Waals surface area (Å²) in [5.74, 6) is 0.0416. The van der Waals surface area contributed by atoms with Crippen LogP contribution in [0, 0.1) is 11.8 Å². The van der Waals surface area contributed by atoms with E-state index >= 15 is 0 Å². The van der Waals surface area contributed by atoms with Gasteiger partial charge in [0.05, 0.1) is 5.92 Å². The standard InChI is InChI=1S/C12H22N2O2/c1-10(12(15)16)8-13-4-6-14(7-5-13)9-11-2-3-11/h10-11H,2-9H2,1H3,(H,15,16). The Kier molecular flexibility index (Phi) is 3.82. The molecule has 0 aromatic heterocycles. The van der Waals surface area contributed by atoms with Gasteiger partial charge in [0.15, 0.2) is 0 Å². The van der Waals surface area contributed by atoms with Gasteiger partial charge in [0, 0.05) is 39.3 Å². The third-order valence-electron chi connectivity index (χ3n) is 3.63. The molecule has 2 aliphatic rings. The molecule has 1 saturated heterocycles. The van der Waals surface area contributed by atoms with Crippen molar-refractivity contribution in [2.24, 2.45) is 11.8 Å². The van der Waals surface area contributed by atoms with Crippen LogP contribution in [0.25, 0.3) is 0 Å². The lowest BCUT2D eigenvalue weighted by Gasteiger charge is -2.35. The van der Waals surface area contributed by atoms with Crippen molar-refractivity contribution in [3.8, 4) is 0 Å². The second-order valence-corrected chi connectivity index (χ2v) is 5.28. The summed E-state index contributed by atoms with van der Waals surface area (Å²) in [6.45, 7) is 8.05. The number of rotatable bonds is 5. The largest absolute Gasteiger partial charge is 0.481 e. The summed E-state index contributed by atoms with van der Waals surface area (Å²) in [4.78, 5) is 15.6. The van der Waals surface area contributed by atoms with Gasteiger partial charge in [-0.15, -0.1) is 0 Å². The van der Waals surface area contributed by atoms with E-state index in [1.807, 2.05) is 0 Å². The smallest absolute Gasteiger partial charge is 0.307 e. The van der Waals surface area contributed by atoms with E-state index in [-0.39, 0.29) is 5.92 Å². The van der Waals surface area contributed by atoms with E-state index in [1.165, 1.54) is 19.4 Å². The fourth-order valence-corrected chi connectivity index (χ4v) is 2.29. The van der Waals surface area contributed by atoms with Gasteiger partial charge in [0.25, 0.3) is 0 Å². The van der Waals surface area contributed by atoms with Crippen LogP contribution in [0.1, 0.15) is 19.8 Å². The lowest BCUT2D eigenvalue weighted by Crippen LogP contribution is -2.48. The van der Waals surface area contributed by atoms with Crippen LogP contribution in [-0.4, -0.2) is 60.1 Å². The van der Waals surface area contributed by atoms with Crippen LogP contribution >= 0.6 is 0 Å². The molecule has 2 rings (SSSR count). The first-order chi connectivity index (χ1) is 7.65. The van der Waals surface area contributed by atoms with E-state index in [0.717, 1.165) is 32.1 Å². The van der Waals surface area contributed by atoms with E-state index in [0.29, 0.717) is 6.54 Å². The average molecular weight is 226 g/mol. The summed E-state index contributed by atoms with van der Waals surface area (Å²) in [6, 6.07) is 0. The van der Waals surface area contributed by atoms with Crippen molar-refractivity contribution < 1.29 is 9.90 Å². The molecule has 2 fully saturated rings. The Labute approximate surface area is 97.2 Å². The number of piperazine rings is 1. The van der Waals surface area contributed by atoms with Crippen molar-refractivity contribution in [1.82, 2.24) is 9.80 Å². The molecule has 1 atom stereocenters. The molecule has 0 radical (unpaired) electrons. The monoisotopic (exact) mass is 226 g/mol. The molecule has 0 aromatic rings. The third kappa shape index (κ3) is 3.46. The Morgan fingerprint density at radius 2 is 1.81 bits per heavy atom. The highest BCUT2D eigenvalue weighted by atomic mass is 16.4. The van der Waals surface area contributed by atoms with Gasteiger partial charge in [0.2, 0.25) is 0 Å². The lowest BCUT2D eigenvalue weighted by molar-refractivity contribution is -0.141. The van der Waals surface area contributed by atoms with Crippen molar-refractivity contribution in [1.29, 1.82) is 0 Å². The molecule has 1 saturated carbocycles. The Hall–Kier alpha value is -0.610. The van der Waals surface area contributed by atoms with Crippen LogP contribution in [0.4, 0.5) is 0 Å². The molecule has 1 unspecified atom stereocenters. The molecule has 0 spiro atoms. The molecule has 4 nitrogen and oxygen atoms in total. The van der Waals surface area contributed by atoms with Gasteiger partial charge >= 0.3 is 5.97 Å². The Morgan fingerprint density at radius 1 is 1.25 bits per heavy atom. The van der Waals surface area contributed by atoms with Crippen LogP contribution in [0.15, 0.2) is 0 Å². The SMILES string of the molecule is CC(CN1CCN(CC2CC2)CC1)C(=O)O. The number of carbonyl (C=O) groups is 1. The van der Waals surface area contributed by atoms with Gasteiger partial charge in [-0.1, -0.05) is 6.92 Å². The fraction of sp³-hybridized carbons (Fsp3) is 0.917. The summed E-state index contributed by atoms with van der Waals surface area (Å²) >= 11 is 0. The predicted octanol–water partition coefficient (Wildman–Crippen LogP) is 0.735. The van der Waals surface area contributed by atoms with E-state index in [1.54, 1.807) is 6.92 Å². The van der Waals surface area contributed by atoms with Crippen LogP contribution in [0.3, 0.4) is 0 Å². The summed E-state index contributed by atoms with van der Waals surface area (Å²) < 4.78 is 0. The highest BCUT2D eigenvalue weighted by Crippen LogP contribution is 2.29. The highest BCUT2D eigenvalue weighted by molar-refractivity contribution is 5.69. The number of nitrogens with zero attached hydrogens (tertiary/aromatic N) is 2. The maximum Gasteiger partial charge on any atom is 0.307 e. The van der Waals surface area contributed by atoms with Gasteiger partial charge in [-0.25, -0.2) is 0 Å². The van der Waals surface area contributed by atoms with Gasteiger partial charge in [0.1, 0.15) is 0 Å². The van der Waals surface area contributed by atoms with Crippen molar-refractivity contribution in [3.63, 3.8) is 0 Å². The van der Waals surface area contributed by atoms with E-state index in [2.05, 4.69) is 9.80 Å². The van der Waals surface area contributed by atoms with E-state index in [9.17, 15) is 4.79 Å². The minimum Gasteiger partial charge on any atom is -0.481 e. The quantitative estimate of drug-likeness (QED) is 0.751. The predicted molar refractivity (Wildman–Crippen MR) is 62.4 cm³/mol. The minimum absolute atomic E-state index is 0.241. The molecule has 0 amide bonds. The first kappa shape index (κ1) is 11.9. The number of hydrogen-bond donors (Lipinski definition) is 1. The molecular weight excluding hydrogens is 204 g/mol. The zero-order valence-electron chi connectivity index (χ0n) is 10.1. The summed E-state index contributed by atoms with van der Waals surface area (Å²) in [5.41, 5.74) is 0. The second-order valence-electron chi connectivity index (χ2n) is 5.28. The molecule has 1 aliphatic heterocycles. The van der Waals surface area contributed by atoms with Crippen molar-refractivity contribution in [2.75, 3.05) is 39.3 Å². The molecule has 1 N–H and O–H groups in total. The zero-order valence-corrected chi connectivity index (χ0v) is 10.1. The topological polar surface area (TPSA) is 43.8 Å². The molecule has 0 aromatic carbocycles. The highest BCUT2D eigenvalue weighted by Gasteiger charge is 2.27. The van der Waals surface area contributed by atoms with Crippen molar-refractivity contribution in [3.05, 3.63) is 0 Å². The molecule has 92 valence electrons. The molecule has 0 bridgehead atoms. The Balaban J connectivity index is 1.65. The normalized spacial score (nSPS) is 25.6. The van der Waals surface area contributed by atoms with Gasteiger partial charge < -0.3 is 10.0 Å². The molecule has 16 heavy (non-hydrogen) atoms. The molecule has 1 aliphatic carbocycles. The van der Waals surface area contributed by atoms with Gasteiger partial charge in [-0.3, -0.25) is 9.69 Å².